The fraction of sp³-hybridized carbons (Fsp3) is 0.429. The number of carbonyl (C=O) groups excluding carboxylic acids is 1. The van der Waals surface area contributed by atoms with Crippen molar-refractivity contribution in [3.8, 4) is 17.0 Å². The van der Waals surface area contributed by atoms with Gasteiger partial charge in [-0.2, -0.15) is 0 Å². The van der Waals surface area contributed by atoms with Crippen LogP contribution < -0.4 is 9.64 Å². The highest BCUT2D eigenvalue weighted by Gasteiger charge is 2.28. The number of rotatable bonds is 9. The zero-order valence-electron chi connectivity index (χ0n) is 21.2. The van der Waals surface area contributed by atoms with Crippen LogP contribution in [0.1, 0.15) is 36.2 Å². The molecule has 0 bridgehead atoms. The van der Waals surface area contributed by atoms with Crippen LogP contribution in [-0.4, -0.2) is 67.7 Å². The summed E-state index contributed by atoms with van der Waals surface area (Å²) in [4.78, 5) is 20.2. The number of amides is 1. The average molecular weight is 477 g/mol. The van der Waals surface area contributed by atoms with Crippen molar-refractivity contribution in [2.24, 2.45) is 5.92 Å². The number of hydrogen-bond acceptors (Lipinski definition) is 6. The molecule has 1 aliphatic rings. The summed E-state index contributed by atoms with van der Waals surface area (Å²) in [5, 5.41) is 4.50. The Morgan fingerprint density at radius 3 is 2.37 bits per heavy atom. The molecule has 7 heteroatoms. The number of carbonyl (C=O) groups is 1. The lowest BCUT2D eigenvalue weighted by Crippen LogP contribution is -2.45. The molecule has 186 valence electrons. The van der Waals surface area contributed by atoms with Crippen LogP contribution in [0.4, 0.5) is 5.88 Å². The molecule has 2 heterocycles. The van der Waals surface area contributed by atoms with Crippen molar-refractivity contribution in [3.05, 3.63) is 65.7 Å². The van der Waals surface area contributed by atoms with Gasteiger partial charge in [-0.3, -0.25) is 4.79 Å². The van der Waals surface area contributed by atoms with E-state index in [1.54, 1.807) is 7.11 Å². The highest BCUT2D eigenvalue weighted by molar-refractivity contribution is 5.94. The number of ether oxygens (including phenoxy) is 1. The molecule has 35 heavy (non-hydrogen) atoms. The molecule has 1 amide bonds. The number of anilines is 1. The third kappa shape index (κ3) is 6.03. The van der Waals surface area contributed by atoms with Gasteiger partial charge >= 0.3 is 0 Å². The molecule has 0 N–H and O–H groups in total. The first kappa shape index (κ1) is 24.8. The fourth-order valence-corrected chi connectivity index (χ4v) is 4.30. The molecule has 0 unspecified atom stereocenters. The standard InChI is InChI=1S/C28H36N4O3/c1-21(2)14-15-32(27(33)23-10-12-24(34-4)13-11-23)20-25-26(22-8-6-5-7-9-22)29-35-28(25)31-18-16-30(3)17-19-31/h5-13,21H,14-20H2,1-4H3. The van der Waals surface area contributed by atoms with Crippen molar-refractivity contribution in [1.82, 2.24) is 15.0 Å². The van der Waals surface area contributed by atoms with E-state index in [0.717, 1.165) is 61.1 Å². The van der Waals surface area contributed by atoms with Crippen molar-refractivity contribution < 1.29 is 14.1 Å². The Balaban J connectivity index is 1.69. The van der Waals surface area contributed by atoms with E-state index in [1.165, 1.54) is 0 Å². The second-order valence-corrected chi connectivity index (χ2v) is 9.61. The number of piperazine rings is 1. The molecule has 0 aliphatic carbocycles. The molecule has 4 rings (SSSR count). The summed E-state index contributed by atoms with van der Waals surface area (Å²) in [6.07, 6.45) is 0.914. The van der Waals surface area contributed by atoms with Crippen LogP contribution in [0.2, 0.25) is 0 Å². The predicted molar refractivity (Wildman–Crippen MR) is 139 cm³/mol. The molecule has 1 saturated heterocycles. The van der Waals surface area contributed by atoms with Gasteiger partial charge in [0.15, 0.2) is 0 Å². The van der Waals surface area contributed by atoms with E-state index >= 15 is 0 Å². The van der Waals surface area contributed by atoms with Crippen molar-refractivity contribution >= 4 is 11.8 Å². The molecule has 3 aromatic rings. The van der Waals surface area contributed by atoms with Gasteiger partial charge in [-0.1, -0.05) is 49.3 Å². The Kier molecular flexibility index (Phi) is 8.08. The maximum Gasteiger partial charge on any atom is 0.254 e. The van der Waals surface area contributed by atoms with E-state index in [0.29, 0.717) is 24.6 Å². The van der Waals surface area contributed by atoms with E-state index in [9.17, 15) is 4.79 Å². The van der Waals surface area contributed by atoms with Crippen LogP contribution in [0.5, 0.6) is 5.75 Å². The Labute approximate surface area is 208 Å². The Morgan fingerprint density at radius 1 is 1.06 bits per heavy atom. The number of hydrogen-bond donors (Lipinski definition) is 0. The number of aromatic nitrogens is 1. The topological polar surface area (TPSA) is 62.1 Å². The number of benzene rings is 2. The fourth-order valence-electron chi connectivity index (χ4n) is 4.30. The molecular formula is C28H36N4O3. The van der Waals surface area contributed by atoms with Gasteiger partial charge in [0.25, 0.3) is 5.91 Å². The summed E-state index contributed by atoms with van der Waals surface area (Å²) in [5.74, 6) is 1.99. The van der Waals surface area contributed by atoms with E-state index in [1.807, 2.05) is 59.5 Å². The maximum absolute atomic E-state index is 13.7. The van der Waals surface area contributed by atoms with Crippen LogP contribution in [0.3, 0.4) is 0 Å². The minimum absolute atomic E-state index is 0.00200. The van der Waals surface area contributed by atoms with Gasteiger partial charge in [0.05, 0.1) is 19.2 Å². The van der Waals surface area contributed by atoms with E-state index in [2.05, 4.69) is 35.9 Å². The van der Waals surface area contributed by atoms with Crippen molar-refractivity contribution in [1.29, 1.82) is 0 Å². The van der Waals surface area contributed by atoms with Gasteiger partial charge in [-0.15, -0.1) is 0 Å². The minimum Gasteiger partial charge on any atom is -0.497 e. The van der Waals surface area contributed by atoms with Crippen LogP contribution in [0, 0.1) is 5.92 Å². The smallest absolute Gasteiger partial charge is 0.254 e. The third-order valence-electron chi connectivity index (χ3n) is 6.55. The number of methoxy groups -OCH3 is 1. The molecule has 1 aromatic heterocycles. The largest absolute Gasteiger partial charge is 0.497 e. The second kappa shape index (κ2) is 11.4. The predicted octanol–water partition coefficient (Wildman–Crippen LogP) is 4.79. The van der Waals surface area contributed by atoms with E-state index < -0.39 is 0 Å². The highest BCUT2D eigenvalue weighted by Crippen LogP contribution is 2.33. The molecule has 0 saturated carbocycles. The molecule has 0 spiro atoms. The normalized spacial score (nSPS) is 14.4. The van der Waals surface area contributed by atoms with Crippen molar-refractivity contribution in [2.45, 2.75) is 26.8 Å². The summed E-state index contributed by atoms with van der Waals surface area (Å²) in [7, 11) is 3.76. The number of likely N-dealkylation sites (N-methyl/N-ethyl adjacent to an activating group) is 1. The molecule has 2 aromatic carbocycles. The van der Waals surface area contributed by atoms with Gasteiger partial charge in [0, 0.05) is 43.9 Å². The molecule has 1 fully saturated rings. The summed E-state index contributed by atoms with van der Waals surface area (Å²) in [5.41, 5.74) is 3.41. The quantitative estimate of drug-likeness (QED) is 0.443. The minimum atomic E-state index is -0.00200. The van der Waals surface area contributed by atoms with Gasteiger partial charge in [0.2, 0.25) is 5.88 Å². The SMILES string of the molecule is COc1ccc(C(=O)N(CCC(C)C)Cc2c(-c3ccccc3)noc2N2CCN(C)CC2)cc1. The van der Waals surface area contributed by atoms with Gasteiger partial charge < -0.3 is 24.0 Å². The van der Waals surface area contributed by atoms with Crippen molar-refractivity contribution in [2.75, 3.05) is 51.8 Å². The third-order valence-corrected chi connectivity index (χ3v) is 6.55. The summed E-state index contributed by atoms with van der Waals surface area (Å²) in [6, 6.07) is 17.4. The first-order valence-electron chi connectivity index (χ1n) is 12.4. The Morgan fingerprint density at radius 2 is 1.74 bits per heavy atom. The zero-order valence-corrected chi connectivity index (χ0v) is 21.2. The summed E-state index contributed by atoms with van der Waals surface area (Å²) in [6.45, 7) is 9.11. The van der Waals surface area contributed by atoms with E-state index in [-0.39, 0.29) is 5.91 Å². The number of nitrogens with zero attached hydrogens (tertiary/aromatic N) is 4. The van der Waals surface area contributed by atoms with Crippen molar-refractivity contribution in [3.63, 3.8) is 0 Å². The lowest BCUT2D eigenvalue weighted by atomic mass is 10.0. The van der Waals surface area contributed by atoms with Gasteiger partial charge in [0.1, 0.15) is 11.4 Å². The lowest BCUT2D eigenvalue weighted by molar-refractivity contribution is 0.0735. The van der Waals surface area contributed by atoms with Crippen LogP contribution in [0.25, 0.3) is 11.3 Å². The first-order valence-corrected chi connectivity index (χ1v) is 12.4. The average Bonchev–Trinajstić information content (AvgIpc) is 3.30. The second-order valence-electron chi connectivity index (χ2n) is 9.61. The van der Waals surface area contributed by atoms with Gasteiger partial charge in [-0.05, 0) is 43.7 Å². The molecule has 0 radical (unpaired) electrons. The Bertz CT molecular complexity index is 1090. The monoisotopic (exact) mass is 476 g/mol. The van der Waals surface area contributed by atoms with E-state index in [4.69, 9.17) is 9.26 Å². The molecule has 0 atom stereocenters. The zero-order chi connectivity index (χ0) is 24.8. The van der Waals surface area contributed by atoms with Gasteiger partial charge in [-0.25, -0.2) is 0 Å². The lowest BCUT2D eigenvalue weighted by Gasteiger charge is -2.33. The highest BCUT2D eigenvalue weighted by atomic mass is 16.5. The maximum atomic E-state index is 13.7. The molecule has 7 nitrogen and oxygen atoms in total. The van der Waals surface area contributed by atoms with Crippen LogP contribution in [0.15, 0.2) is 59.1 Å². The summed E-state index contributed by atoms with van der Waals surface area (Å²) < 4.78 is 11.2. The first-order chi connectivity index (χ1) is 17.0. The molecule has 1 aliphatic heterocycles. The summed E-state index contributed by atoms with van der Waals surface area (Å²) >= 11 is 0. The Hall–Kier alpha value is -3.32. The van der Waals surface area contributed by atoms with Crippen LogP contribution >= 0.6 is 0 Å². The molecular weight excluding hydrogens is 440 g/mol. The van der Waals surface area contributed by atoms with Crippen LogP contribution in [-0.2, 0) is 6.54 Å².